The topological polar surface area (TPSA) is 85.4 Å². The number of imide groups is 1. The van der Waals surface area contributed by atoms with Crippen molar-refractivity contribution in [3.8, 4) is 11.5 Å². The average molecular weight is 487 g/mol. The third kappa shape index (κ3) is 5.57. The summed E-state index contributed by atoms with van der Waals surface area (Å²) in [5.74, 6) is -0.205. The molecule has 0 spiro atoms. The Morgan fingerprint density at radius 3 is 2.56 bits per heavy atom. The lowest BCUT2D eigenvalue weighted by atomic mass is 10.1. The summed E-state index contributed by atoms with van der Waals surface area (Å²) in [4.78, 5) is 40.5. The quantitative estimate of drug-likeness (QED) is 0.555. The van der Waals surface area contributed by atoms with Crippen LogP contribution in [0.4, 0.5) is 9.18 Å². The normalized spacial score (nSPS) is 17.4. The van der Waals surface area contributed by atoms with Gasteiger partial charge in [-0.25, -0.2) is 4.39 Å². The number of carbonyl (C=O) groups is 3. The van der Waals surface area contributed by atoms with Crippen molar-refractivity contribution < 1.29 is 33.0 Å². The van der Waals surface area contributed by atoms with Crippen LogP contribution in [0.15, 0.2) is 47.4 Å². The van der Waals surface area contributed by atoms with Gasteiger partial charge in [-0.15, -0.1) is 0 Å². The van der Waals surface area contributed by atoms with Gasteiger partial charge < -0.3 is 19.1 Å². The second-order valence-electron chi connectivity index (χ2n) is 7.59. The molecule has 0 aliphatic carbocycles. The third-order valence-corrected chi connectivity index (χ3v) is 6.23. The summed E-state index contributed by atoms with van der Waals surface area (Å²) in [6.45, 7) is 1.67. The minimum absolute atomic E-state index is 0.195. The van der Waals surface area contributed by atoms with E-state index in [0.717, 1.165) is 22.2 Å². The number of carbonyl (C=O) groups excluding carboxylic acids is 3. The van der Waals surface area contributed by atoms with Crippen molar-refractivity contribution in [1.82, 2.24) is 9.80 Å². The van der Waals surface area contributed by atoms with Crippen LogP contribution in [0, 0.1) is 5.82 Å². The SMILES string of the molecule is COc1ccc(/C=C2\SC(=O)N(CC(=O)N3CCOCC3)C2=O)cc1OCc1ccc(F)cc1. The summed E-state index contributed by atoms with van der Waals surface area (Å²) in [6, 6.07) is 11.1. The van der Waals surface area contributed by atoms with Gasteiger partial charge >= 0.3 is 0 Å². The molecule has 2 aromatic rings. The predicted octanol–water partition coefficient (Wildman–Crippen LogP) is 3.31. The lowest BCUT2D eigenvalue weighted by Gasteiger charge is -2.28. The van der Waals surface area contributed by atoms with Crippen LogP contribution >= 0.6 is 11.8 Å². The van der Waals surface area contributed by atoms with Crippen LogP contribution < -0.4 is 9.47 Å². The third-order valence-electron chi connectivity index (χ3n) is 5.32. The number of morpholine rings is 1. The lowest BCUT2D eigenvalue weighted by Crippen LogP contribution is -2.46. The van der Waals surface area contributed by atoms with Gasteiger partial charge in [0, 0.05) is 13.1 Å². The molecule has 0 aromatic heterocycles. The molecule has 10 heteroatoms. The molecule has 0 unspecified atom stereocenters. The highest BCUT2D eigenvalue weighted by Gasteiger charge is 2.37. The van der Waals surface area contributed by atoms with E-state index in [2.05, 4.69) is 0 Å². The Kier molecular flexibility index (Phi) is 7.49. The first-order valence-corrected chi connectivity index (χ1v) is 11.4. The van der Waals surface area contributed by atoms with Crippen molar-refractivity contribution in [2.45, 2.75) is 6.61 Å². The molecule has 0 bridgehead atoms. The molecule has 0 N–H and O–H groups in total. The van der Waals surface area contributed by atoms with E-state index in [-0.39, 0.29) is 29.8 Å². The number of thioether (sulfide) groups is 1. The average Bonchev–Trinajstić information content (AvgIpc) is 3.11. The van der Waals surface area contributed by atoms with E-state index in [9.17, 15) is 18.8 Å². The van der Waals surface area contributed by atoms with Gasteiger partial charge in [0.25, 0.3) is 11.1 Å². The Bertz CT molecular complexity index is 1110. The maximum absolute atomic E-state index is 13.1. The fraction of sp³-hybridized carbons (Fsp3) is 0.292. The maximum Gasteiger partial charge on any atom is 0.294 e. The minimum Gasteiger partial charge on any atom is -0.493 e. The van der Waals surface area contributed by atoms with Crippen LogP contribution in [0.5, 0.6) is 11.5 Å². The van der Waals surface area contributed by atoms with Crippen LogP contribution in [0.2, 0.25) is 0 Å². The van der Waals surface area contributed by atoms with Gasteiger partial charge in [-0.2, -0.15) is 0 Å². The number of methoxy groups -OCH3 is 1. The van der Waals surface area contributed by atoms with E-state index in [0.29, 0.717) is 43.4 Å². The zero-order valence-electron chi connectivity index (χ0n) is 18.5. The molecular formula is C24H23FN2O6S. The van der Waals surface area contributed by atoms with Gasteiger partial charge in [-0.3, -0.25) is 19.3 Å². The number of rotatable bonds is 7. The second kappa shape index (κ2) is 10.7. The summed E-state index contributed by atoms with van der Waals surface area (Å²) >= 11 is 0.788. The molecule has 34 heavy (non-hydrogen) atoms. The molecular weight excluding hydrogens is 463 g/mol. The standard InChI is InChI=1S/C24H23FN2O6S/c1-31-19-7-4-17(12-20(19)33-15-16-2-5-18(25)6-3-16)13-21-23(29)27(24(30)34-21)14-22(28)26-8-10-32-11-9-26/h2-7,12-13H,8-11,14-15H2,1H3/b21-13-. The van der Waals surface area contributed by atoms with E-state index in [1.165, 1.54) is 19.2 Å². The first-order chi connectivity index (χ1) is 16.4. The van der Waals surface area contributed by atoms with E-state index in [4.69, 9.17) is 14.2 Å². The van der Waals surface area contributed by atoms with Gasteiger partial charge in [-0.05, 0) is 53.2 Å². The number of benzene rings is 2. The molecule has 2 fully saturated rings. The minimum atomic E-state index is -0.513. The van der Waals surface area contributed by atoms with Crippen LogP contribution in [-0.2, 0) is 20.9 Å². The maximum atomic E-state index is 13.1. The number of halogens is 1. The molecule has 0 saturated carbocycles. The smallest absolute Gasteiger partial charge is 0.294 e. The molecule has 4 rings (SSSR count). The summed E-state index contributed by atoms with van der Waals surface area (Å²) in [7, 11) is 1.51. The van der Waals surface area contributed by atoms with Gasteiger partial charge in [-0.1, -0.05) is 18.2 Å². The van der Waals surface area contributed by atoms with E-state index < -0.39 is 11.1 Å². The number of hydrogen-bond donors (Lipinski definition) is 0. The van der Waals surface area contributed by atoms with Crippen molar-refractivity contribution in [3.63, 3.8) is 0 Å². The van der Waals surface area contributed by atoms with E-state index >= 15 is 0 Å². The van der Waals surface area contributed by atoms with Crippen molar-refractivity contribution in [1.29, 1.82) is 0 Å². The fourth-order valence-corrected chi connectivity index (χ4v) is 4.31. The highest BCUT2D eigenvalue weighted by Crippen LogP contribution is 2.35. The van der Waals surface area contributed by atoms with Crippen LogP contribution in [0.3, 0.4) is 0 Å². The number of ether oxygens (including phenoxy) is 3. The van der Waals surface area contributed by atoms with Crippen molar-refractivity contribution in [3.05, 3.63) is 64.3 Å². The molecule has 178 valence electrons. The van der Waals surface area contributed by atoms with E-state index in [1.807, 2.05) is 0 Å². The van der Waals surface area contributed by atoms with Gasteiger partial charge in [0.15, 0.2) is 11.5 Å². The second-order valence-corrected chi connectivity index (χ2v) is 8.58. The summed E-state index contributed by atoms with van der Waals surface area (Å²) in [5, 5.41) is -0.487. The number of hydrogen-bond acceptors (Lipinski definition) is 7. The molecule has 2 heterocycles. The molecule has 3 amide bonds. The van der Waals surface area contributed by atoms with Crippen molar-refractivity contribution in [2.75, 3.05) is 40.0 Å². The molecule has 0 radical (unpaired) electrons. The van der Waals surface area contributed by atoms with Gasteiger partial charge in [0.2, 0.25) is 5.91 Å². The molecule has 8 nitrogen and oxygen atoms in total. The summed E-state index contributed by atoms with van der Waals surface area (Å²) in [5.41, 5.74) is 1.40. The summed E-state index contributed by atoms with van der Waals surface area (Å²) in [6.07, 6.45) is 1.58. The molecule has 2 aliphatic heterocycles. The molecule has 2 saturated heterocycles. The Morgan fingerprint density at radius 2 is 1.85 bits per heavy atom. The first kappa shape index (κ1) is 23.8. The first-order valence-electron chi connectivity index (χ1n) is 10.6. The zero-order chi connectivity index (χ0) is 24.1. The van der Waals surface area contributed by atoms with E-state index in [1.54, 1.807) is 41.3 Å². The van der Waals surface area contributed by atoms with Crippen LogP contribution in [0.1, 0.15) is 11.1 Å². The van der Waals surface area contributed by atoms with Crippen LogP contribution in [0.25, 0.3) is 6.08 Å². The Morgan fingerprint density at radius 1 is 1.12 bits per heavy atom. The van der Waals surface area contributed by atoms with Crippen LogP contribution in [-0.4, -0.2) is 66.8 Å². The number of amides is 3. The van der Waals surface area contributed by atoms with Gasteiger partial charge in [0.05, 0.1) is 25.2 Å². The highest BCUT2D eigenvalue weighted by atomic mass is 32.2. The summed E-state index contributed by atoms with van der Waals surface area (Å²) < 4.78 is 29.5. The lowest BCUT2D eigenvalue weighted by molar-refractivity contribution is -0.139. The molecule has 2 aliphatic rings. The highest BCUT2D eigenvalue weighted by molar-refractivity contribution is 8.18. The molecule has 2 aromatic carbocycles. The van der Waals surface area contributed by atoms with Crippen molar-refractivity contribution >= 4 is 34.9 Å². The molecule has 0 atom stereocenters. The Balaban J connectivity index is 1.46. The Hall–Kier alpha value is -3.37. The monoisotopic (exact) mass is 486 g/mol. The predicted molar refractivity (Wildman–Crippen MR) is 124 cm³/mol. The zero-order valence-corrected chi connectivity index (χ0v) is 19.3. The van der Waals surface area contributed by atoms with Crippen molar-refractivity contribution in [2.24, 2.45) is 0 Å². The Labute approximate surface area is 200 Å². The number of nitrogens with zero attached hydrogens (tertiary/aromatic N) is 2. The fourth-order valence-electron chi connectivity index (χ4n) is 3.47. The largest absolute Gasteiger partial charge is 0.493 e. The van der Waals surface area contributed by atoms with Gasteiger partial charge in [0.1, 0.15) is 19.0 Å².